The lowest BCUT2D eigenvalue weighted by Gasteiger charge is -2.39. The van der Waals surface area contributed by atoms with Crippen molar-refractivity contribution in [2.24, 2.45) is 11.3 Å². The van der Waals surface area contributed by atoms with Gasteiger partial charge in [0.15, 0.2) is 0 Å². The normalized spacial score (nSPS) is 20.2. The van der Waals surface area contributed by atoms with Crippen LogP contribution in [0.4, 0.5) is 0 Å². The van der Waals surface area contributed by atoms with E-state index in [-0.39, 0.29) is 11.3 Å². The number of carboxylic acid groups (broad SMARTS) is 1. The molecule has 4 heteroatoms. The highest BCUT2D eigenvalue weighted by molar-refractivity contribution is 5.83. The van der Waals surface area contributed by atoms with E-state index in [1.165, 1.54) is 0 Å². The van der Waals surface area contributed by atoms with Crippen molar-refractivity contribution in [3.8, 4) is 0 Å². The molecular weight excluding hydrogens is 194 g/mol. The Kier molecular flexibility index (Phi) is 3.37. The molecule has 0 aromatic rings. The number of carbonyl (C=O) groups is 2. The maximum Gasteiger partial charge on any atom is 0.308 e. The van der Waals surface area contributed by atoms with Crippen LogP contribution in [0.2, 0.25) is 0 Å². The fourth-order valence-electron chi connectivity index (χ4n) is 1.95. The lowest BCUT2D eigenvalue weighted by Crippen LogP contribution is -2.46. The zero-order valence-electron chi connectivity index (χ0n) is 9.62. The monoisotopic (exact) mass is 213 g/mol. The second-order valence-electron chi connectivity index (χ2n) is 4.84. The molecule has 0 heterocycles. The Morgan fingerprint density at radius 1 is 1.47 bits per heavy atom. The SMILES string of the molecule is CC(CN(C)C(=O)C1(C)CCC1)C(=O)O. The van der Waals surface area contributed by atoms with Crippen LogP contribution in [0.15, 0.2) is 0 Å². The summed E-state index contributed by atoms with van der Waals surface area (Å²) in [4.78, 5) is 24.1. The smallest absolute Gasteiger partial charge is 0.308 e. The molecule has 1 unspecified atom stereocenters. The first-order valence-electron chi connectivity index (χ1n) is 5.35. The van der Waals surface area contributed by atoms with E-state index >= 15 is 0 Å². The molecule has 1 atom stereocenters. The summed E-state index contributed by atoms with van der Waals surface area (Å²) in [6.07, 6.45) is 2.96. The van der Waals surface area contributed by atoms with E-state index in [9.17, 15) is 9.59 Å². The number of aliphatic carboxylic acids is 1. The summed E-state index contributed by atoms with van der Waals surface area (Å²) in [7, 11) is 1.69. The molecule has 1 amide bonds. The lowest BCUT2D eigenvalue weighted by molar-refractivity contribution is -0.148. The minimum Gasteiger partial charge on any atom is -0.481 e. The Hall–Kier alpha value is -1.06. The van der Waals surface area contributed by atoms with Crippen molar-refractivity contribution in [2.75, 3.05) is 13.6 Å². The van der Waals surface area contributed by atoms with Crippen LogP contribution in [-0.4, -0.2) is 35.5 Å². The van der Waals surface area contributed by atoms with Gasteiger partial charge in [0.2, 0.25) is 5.91 Å². The molecule has 1 aliphatic rings. The fourth-order valence-corrected chi connectivity index (χ4v) is 1.95. The Bertz CT molecular complexity index is 271. The van der Waals surface area contributed by atoms with Crippen LogP contribution in [-0.2, 0) is 9.59 Å². The van der Waals surface area contributed by atoms with Crippen LogP contribution < -0.4 is 0 Å². The molecule has 1 N–H and O–H groups in total. The van der Waals surface area contributed by atoms with Crippen molar-refractivity contribution in [3.05, 3.63) is 0 Å². The van der Waals surface area contributed by atoms with Crippen LogP contribution in [0.25, 0.3) is 0 Å². The molecule has 15 heavy (non-hydrogen) atoms. The van der Waals surface area contributed by atoms with Gasteiger partial charge >= 0.3 is 5.97 Å². The first-order valence-corrected chi connectivity index (χ1v) is 5.35. The lowest BCUT2D eigenvalue weighted by atomic mass is 9.69. The molecule has 1 saturated carbocycles. The number of hydrogen-bond donors (Lipinski definition) is 1. The average Bonchev–Trinajstić information content (AvgIpc) is 2.12. The molecule has 1 fully saturated rings. The van der Waals surface area contributed by atoms with E-state index in [1.807, 2.05) is 6.92 Å². The van der Waals surface area contributed by atoms with E-state index in [1.54, 1.807) is 18.9 Å². The summed E-state index contributed by atoms with van der Waals surface area (Å²) in [6.45, 7) is 3.87. The summed E-state index contributed by atoms with van der Waals surface area (Å²) in [5.41, 5.74) is -0.229. The predicted octanol–water partition coefficient (Wildman–Crippen LogP) is 1.36. The van der Waals surface area contributed by atoms with Gasteiger partial charge in [-0.25, -0.2) is 0 Å². The molecule has 86 valence electrons. The maximum atomic E-state index is 11.9. The standard InChI is InChI=1S/C11H19NO3/c1-8(9(13)14)7-12(3)10(15)11(2)5-4-6-11/h8H,4-7H2,1-3H3,(H,13,14). The molecule has 0 radical (unpaired) electrons. The molecule has 0 bridgehead atoms. The minimum absolute atomic E-state index is 0.0850. The zero-order valence-corrected chi connectivity index (χ0v) is 9.62. The third-order valence-corrected chi connectivity index (χ3v) is 3.29. The van der Waals surface area contributed by atoms with Gasteiger partial charge in [-0.15, -0.1) is 0 Å². The van der Waals surface area contributed by atoms with Gasteiger partial charge < -0.3 is 10.0 Å². The van der Waals surface area contributed by atoms with Gasteiger partial charge in [0.1, 0.15) is 0 Å². The molecule has 1 aliphatic carbocycles. The van der Waals surface area contributed by atoms with E-state index in [2.05, 4.69) is 0 Å². The maximum absolute atomic E-state index is 11.9. The van der Waals surface area contributed by atoms with Crippen molar-refractivity contribution >= 4 is 11.9 Å². The van der Waals surface area contributed by atoms with E-state index in [4.69, 9.17) is 5.11 Å². The highest BCUT2D eigenvalue weighted by Gasteiger charge is 2.41. The van der Waals surface area contributed by atoms with Crippen molar-refractivity contribution in [1.29, 1.82) is 0 Å². The van der Waals surface area contributed by atoms with Gasteiger partial charge in [-0.2, -0.15) is 0 Å². The third kappa shape index (κ3) is 2.49. The zero-order chi connectivity index (χ0) is 11.6. The number of carbonyl (C=O) groups excluding carboxylic acids is 1. The Morgan fingerprint density at radius 2 is 2.00 bits per heavy atom. The number of amides is 1. The summed E-state index contributed by atoms with van der Waals surface area (Å²) in [5.74, 6) is -1.27. The largest absolute Gasteiger partial charge is 0.481 e. The first kappa shape index (κ1) is 12.0. The number of carboxylic acids is 1. The molecule has 4 nitrogen and oxygen atoms in total. The van der Waals surface area contributed by atoms with Crippen LogP contribution in [0.3, 0.4) is 0 Å². The highest BCUT2D eigenvalue weighted by atomic mass is 16.4. The molecule has 0 aromatic carbocycles. The molecular formula is C11H19NO3. The first-order chi connectivity index (χ1) is 6.87. The third-order valence-electron chi connectivity index (χ3n) is 3.29. The second kappa shape index (κ2) is 4.21. The van der Waals surface area contributed by atoms with Gasteiger partial charge in [-0.1, -0.05) is 20.3 Å². The molecule has 0 aliphatic heterocycles. The predicted molar refractivity (Wildman–Crippen MR) is 56.4 cm³/mol. The van der Waals surface area contributed by atoms with Crippen molar-refractivity contribution in [2.45, 2.75) is 33.1 Å². The Balaban J connectivity index is 2.50. The summed E-state index contributed by atoms with van der Waals surface area (Å²) in [5, 5.41) is 8.75. The van der Waals surface area contributed by atoms with Crippen molar-refractivity contribution in [3.63, 3.8) is 0 Å². The summed E-state index contributed by atoms with van der Waals surface area (Å²) < 4.78 is 0. The quantitative estimate of drug-likeness (QED) is 0.767. The van der Waals surface area contributed by atoms with Gasteiger partial charge in [0, 0.05) is 19.0 Å². The Labute approximate surface area is 90.3 Å². The second-order valence-corrected chi connectivity index (χ2v) is 4.84. The van der Waals surface area contributed by atoms with Crippen LogP contribution >= 0.6 is 0 Å². The molecule has 0 saturated heterocycles. The van der Waals surface area contributed by atoms with Crippen LogP contribution in [0.5, 0.6) is 0 Å². The molecule has 0 aromatic heterocycles. The van der Waals surface area contributed by atoms with Gasteiger partial charge in [-0.05, 0) is 12.8 Å². The van der Waals surface area contributed by atoms with Gasteiger partial charge in [-0.3, -0.25) is 9.59 Å². The number of hydrogen-bond acceptors (Lipinski definition) is 2. The van der Waals surface area contributed by atoms with E-state index in [0.29, 0.717) is 6.54 Å². The van der Waals surface area contributed by atoms with Crippen LogP contribution in [0, 0.1) is 11.3 Å². The minimum atomic E-state index is -0.853. The van der Waals surface area contributed by atoms with Gasteiger partial charge in [0.05, 0.1) is 5.92 Å². The molecule has 1 rings (SSSR count). The van der Waals surface area contributed by atoms with E-state index in [0.717, 1.165) is 19.3 Å². The average molecular weight is 213 g/mol. The fraction of sp³-hybridized carbons (Fsp3) is 0.818. The van der Waals surface area contributed by atoms with Crippen molar-refractivity contribution in [1.82, 2.24) is 4.90 Å². The number of rotatable bonds is 4. The highest BCUT2D eigenvalue weighted by Crippen LogP contribution is 2.41. The topological polar surface area (TPSA) is 57.6 Å². The van der Waals surface area contributed by atoms with Crippen molar-refractivity contribution < 1.29 is 14.7 Å². The van der Waals surface area contributed by atoms with Gasteiger partial charge in [0.25, 0.3) is 0 Å². The van der Waals surface area contributed by atoms with Crippen LogP contribution in [0.1, 0.15) is 33.1 Å². The number of nitrogens with zero attached hydrogens (tertiary/aromatic N) is 1. The molecule has 0 spiro atoms. The summed E-state index contributed by atoms with van der Waals surface area (Å²) >= 11 is 0. The van der Waals surface area contributed by atoms with E-state index < -0.39 is 11.9 Å². The summed E-state index contributed by atoms with van der Waals surface area (Å²) in [6, 6.07) is 0. The Morgan fingerprint density at radius 3 is 2.33 bits per heavy atom.